The molecule has 0 aromatic rings. The molecule has 0 aliphatic heterocycles. The third-order valence-corrected chi connectivity index (χ3v) is 3.40. The van der Waals surface area contributed by atoms with E-state index in [0.717, 1.165) is 38.5 Å². The van der Waals surface area contributed by atoms with Crippen molar-refractivity contribution in [2.75, 3.05) is 0 Å². The highest BCUT2D eigenvalue weighted by molar-refractivity contribution is 5.86. The van der Waals surface area contributed by atoms with E-state index in [9.17, 15) is 22.8 Å². The number of alkyl halides is 3. The lowest BCUT2D eigenvalue weighted by molar-refractivity contribution is -0.175. The van der Waals surface area contributed by atoms with E-state index in [2.05, 4.69) is 0 Å². The van der Waals surface area contributed by atoms with Gasteiger partial charge in [-0.25, -0.2) is 4.79 Å². The number of halogens is 3. The second-order valence-electron chi connectivity index (χ2n) is 4.96. The number of nitrogens with one attached hydrogen (secondary N) is 1. The number of amides is 1. The molecule has 0 heterocycles. The molecule has 0 radical (unpaired) electrons. The maximum Gasteiger partial charge on any atom is 0.471 e. The third kappa shape index (κ3) is 5.48. The van der Waals surface area contributed by atoms with Crippen LogP contribution in [0.15, 0.2) is 0 Å². The van der Waals surface area contributed by atoms with Gasteiger partial charge in [-0.05, 0) is 12.3 Å². The first-order valence-electron chi connectivity index (χ1n) is 6.41. The van der Waals surface area contributed by atoms with Gasteiger partial charge in [0.2, 0.25) is 0 Å². The second-order valence-corrected chi connectivity index (χ2v) is 4.96. The second kappa shape index (κ2) is 6.77. The van der Waals surface area contributed by atoms with Crippen molar-refractivity contribution < 1.29 is 27.9 Å². The number of hydrogen-bond acceptors (Lipinski definition) is 2. The van der Waals surface area contributed by atoms with Gasteiger partial charge in [0.05, 0.1) is 0 Å². The van der Waals surface area contributed by atoms with Crippen molar-refractivity contribution in [3.63, 3.8) is 0 Å². The Morgan fingerprint density at radius 1 is 1.16 bits per heavy atom. The molecule has 2 N–H and O–H groups in total. The minimum absolute atomic E-state index is 0.0666. The molecule has 0 unspecified atom stereocenters. The Balaban J connectivity index is 2.57. The lowest BCUT2D eigenvalue weighted by atomic mass is 9.92. The molecule has 0 spiro atoms. The van der Waals surface area contributed by atoms with E-state index in [1.807, 2.05) is 0 Å². The number of carbonyl (C=O) groups is 2. The van der Waals surface area contributed by atoms with Gasteiger partial charge in [0.1, 0.15) is 6.04 Å². The average Bonchev–Trinajstić information content (AvgIpc) is 2.55. The zero-order valence-corrected chi connectivity index (χ0v) is 10.5. The lowest BCUT2D eigenvalue weighted by Crippen LogP contribution is -2.47. The van der Waals surface area contributed by atoms with Crippen LogP contribution in [0, 0.1) is 5.92 Å². The van der Waals surface area contributed by atoms with E-state index < -0.39 is 24.1 Å². The summed E-state index contributed by atoms with van der Waals surface area (Å²) in [5.74, 6) is -3.53. The van der Waals surface area contributed by atoms with Gasteiger partial charge in [-0.2, -0.15) is 13.2 Å². The van der Waals surface area contributed by atoms with Crippen LogP contribution in [0.5, 0.6) is 0 Å². The maximum atomic E-state index is 12.1. The SMILES string of the molecule is O=C(O)[C@H](CC1CCCCCC1)NC(=O)C(F)(F)F. The fraction of sp³-hybridized carbons (Fsp3) is 0.833. The Bertz CT molecular complexity index is 323. The molecular formula is C12H18F3NO3. The molecular weight excluding hydrogens is 263 g/mol. The van der Waals surface area contributed by atoms with Gasteiger partial charge in [-0.15, -0.1) is 0 Å². The summed E-state index contributed by atoms with van der Waals surface area (Å²) in [7, 11) is 0. The van der Waals surface area contributed by atoms with Crippen molar-refractivity contribution in [3.8, 4) is 0 Å². The molecule has 7 heteroatoms. The molecule has 19 heavy (non-hydrogen) atoms. The van der Waals surface area contributed by atoms with E-state index in [0.29, 0.717) is 0 Å². The smallest absolute Gasteiger partial charge is 0.471 e. The Kier molecular flexibility index (Phi) is 5.62. The summed E-state index contributed by atoms with van der Waals surface area (Å²) in [5, 5.41) is 10.5. The molecule has 110 valence electrons. The van der Waals surface area contributed by atoms with Gasteiger partial charge in [0.25, 0.3) is 0 Å². The fourth-order valence-corrected chi connectivity index (χ4v) is 2.39. The first kappa shape index (κ1) is 15.8. The van der Waals surface area contributed by atoms with Gasteiger partial charge >= 0.3 is 18.1 Å². The Hall–Kier alpha value is -1.27. The quantitative estimate of drug-likeness (QED) is 0.778. The van der Waals surface area contributed by atoms with Crippen LogP contribution in [-0.2, 0) is 9.59 Å². The van der Waals surface area contributed by atoms with Crippen LogP contribution < -0.4 is 5.32 Å². The summed E-state index contributed by atoms with van der Waals surface area (Å²) in [6.45, 7) is 0. The molecule has 1 saturated carbocycles. The number of carbonyl (C=O) groups excluding carboxylic acids is 1. The molecule has 0 bridgehead atoms. The minimum atomic E-state index is -5.04. The topological polar surface area (TPSA) is 66.4 Å². The molecule has 1 aliphatic carbocycles. The molecule has 1 amide bonds. The normalized spacial score (nSPS) is 19.5. The van der Waals surface area contributed by atoms with Crippen molar-refractivity contribution >= 4 is 11.9 Å². The Morgan fingerprint density at radius 2 is 1.68 bits per heavy atom. The standard InChI is InChI=1S/C12H18F3NO3/c13-12(14,15)11(19)16-9(10(17)18)7-8-5-3-1-2-4-6-8/h8-9H,1-7H2,(H,16,19)(H,17,18)/t9-/m0/s1. The fourth-order valence-electron chi connectivity index (χ4n) is 2.39. The molecule has 0 aromatic carbocycles. The molecule has 1 aliphatic rings. The van der Waals surface area contributed by atoms with Crippen LogP contribution in [0.2, 0.25) is 0 Å². The molecule has 1 atom stereocenters. The zero-order chi connectivity index (χ0) is 14.5. The maximum absolute atomic E-state index is 12.1. The van der Waals surface area contributed by atoms with Gasteiger partial charge in [0, 0.05) is 0 Å². The highest BCUT2D eigenvalue weighted by atomic mass is 19.4. The first-order valence-corrected chi connectivity index (χ1v) is 6.41. The zero-order valence-electron chi connectivity index (χ0n) is 10.5. The lowest BCUT2D eigenvalue weighted by Gasteiger charge is -2.21. The summed E-state index contributed by atoms with van der Waals surface area (Å²) < 4.78 is 36.3. The average molecular weight is 281 g/mol. The van der Waals surface area contributed by atoms with Gasteiger partial charge < -0.3 is 10.4 Å². The van der Waals surface area contributed by atoms with Gasteiger partial charge in [-0.1, -0.05) is 38.5 Å². The predicted molar refractivity (Wildman–Crippen MR) is 61.4 cm³/mol. The van der Waals surface area contributed by atoms with E-state index in [1.54, 1.807) is 5.32 Å². The number of rotatable bonds is 4. The van der Waals surface area contributed by atoms with Crippen molar-refractivity contribution in [1.82, 2.24) is 5.32 Å². The molecule has 1 rings (SSSR count). The highest BCUT2D eigenvalue weighted by Gasteiger charge is 2.41. The van der Waals surface area contributed by atoms with E-state index in [4.69, 9.17) is 5.11 Å². The summed E-state index contributed by atoms with van der Waals surface area (Å²) in [5.41, 5.74) is 0. The van der Waals surface area contributed by atoms with Crippen molar-refractivity contribution in [2.24, 2.45) is 5.92 Å². The Labute approximate surface area is 109 Å². The van der Waals surface area contributed by atoms with E-state index in [1.165, 1.54) is 0 Å². The van der Waals surface area contributed by atoms with Crippen molar-refractivity contribution in [3.05, 3.63) is 0 Å². The minimum Gasteiger partial charge on any atom is -0.480 e. The van der Waals surface area contributed by atoms with Crippen LogP contribution in [0.1, 0.15) is 44.9 Å². The number of aliphatic carboxylic acids is 1. The molecule has 4 nitrogen and oxygen atoms in total. The Morgan fingerprint density at radius 3 is 2.11 bits per heavy atom. The first-order chi connectivity index (χ1) is 8.80. The number of hydrogen-bond donors (Lipinski definition) is 2. The van der Waals surface area contributed by atoms with Crippen molar-refractivity contribution in [1.29, 1.82) is 0 Å². The largest absolute Gasteiger partial charge is 0.480 e. The number of carboxylic acids is 1. The molecule has 1 fully saturated rings. The van der Waals surface area contributed by atoms with Crippen LogP contribution in [0.4, 0.5) is 13.2 Å². The predicted octanol–water partition coefficient (Wildman–Crippen LogP) is 2.48. The highest BCUT2D eigenvalue weighted by Crippen LogP contribution is 2.27. The van der Waals surface area contributed by atoms with Crippen LogP contribution >= 0.6 is 0 Å². The van der Waals surface area contributed by atoms with Crippen LogP contribution in [-0.4, -0.2) is 29.2 Å². The summed E-state index contributed by atoms with van der Waals surface area (Å²) in [4.78, 5) is 21.7. The van der Waals surface area contributed by atoms with Gasteiger partial charge in [0.15, 0.2) is 0 Å². The van der Waals surface area contributed by atoms with E-state index >= 15 is 0 Å². The molecule has 0 aromatic heterocycles. The summed E-state index contributed by atoms with van der Waals surface area (Å²) >= 11 is 0. The summed E-state index contributed by atoms with van der Waals surface area (Å²) in [6.07, 6.45) is 0.715. The summed E-state index contributed by atoms with van der Waals surface area (Å²) in [6, 6.07) is -1.46. The van der Waals surface area contributed by atoms with Crippen LogP contribution in [0.3, 0.4) is 0 Å². The van der Waals surface area contributed by atoms with Gasteiger partial charge in [-0.3, -0.25) is 4.79 Å². The van der Waals surface area contributed by atoms with E-state index in [-0.39, 0.29) is 12.3 Å². The van der Waals surface area contributed by atoms with Crippen molar-refractivity contribution in [2.45, 2.75) is 57.2 Å². The third-order valence-electron chi connectivity index (χ3n) is 3.40. The molecule has 0 saturated heterocycles. The monoisotopic (exact) mass is 281 g/mol. The van der Waals surface area contributed by atoms with Crippen LogP contribution in [0.25, 0.3) is 0 Å². The number of carboxylic acid groups (broad SMARTS) is 1.